The van der Waals surface area contributed by atoms with Crippen LogP contribution in [0.1, 0.15) is 69.7 Å². The number of carbonyl (C=O) groups excluding carboxylic acids is 4. The van der Waals surface area contributed by atoms with Crippen molar-refractivity contribution in [2.45, 2.75) is 39.5 Å². The maximum atomic E-state index is 12.7. The number of carbonyl (C=O) groups is 4. The first kappa shape index (κ1) is 26.9. The van der Waals surface area contributed by atoms with Crippen LogP contribution in [0.25, 0.3) is 10.8 Å². The molecule has 2 fully saturated rings. The number of imide groups is 1. The molecule has 2 N–H and O–H groups in total. The second-order valence-electron chi connectivity index (χ2n) is 11.2. The molecule has 3 aromatic rings. The zero-order valence-electron chi connectivity index (χ0n) is 21.7. The van der Waals surface area contributed by atoms with Crippen LogP contribution in [0.3, 0.4) is 0 Å². The summed E-state index contributed by atoms with van der Waals surface area (Å²) in [7, 11) is -4.08. The molecular formula is C30H29NO7S. The third-order valence-electron chi connectivity index (χ3n) is 8.83. The van der Waals surface area contributed by atoms with Crippen LogP contribution in [0, 0.1) is 16.7 Å². The Morgan fingerprint density at radius 1 is 0.949 bits per heavy atom. The number of fused-ring (bicyclic) bond motifs is 2. The Kier molecular flexibility index (Phi) is 6.55. The van der Waals surface area contributed by atoms with E-state index in [2.05, 4.69) is 5.32 Å². The molecule has 0 aromatic heterocycles. The summed E-state index contributed by atoms with van der Waals surface area (Å²) in [6, 6.07) is 18.0. The number of Topliss-reactive ketones (excluding diaryl/α,β-unsaturated/α-hetero) is 2. The van der Waals surface area contributed by atoms with E-state index in [0.717, 1.165) is 12.0 Å². The lowest BCUT2D eigenvalue weighted by molar-refractivity contribution is -0.128. The van der Waals surface area contributed by atoms with E-state index >= 15 is 0 Å². The molecule has 39 heavy (non-hydrogen) atoms. The fraction of sp³-hybridized carbons (Fsp3) is 0.333. The van der Waals surface area contributed by atoms with E-state index in [9.17, 15) is 27.6 Å². The van der Waals surface area contributed by atoms with Crippen LogP contribution in [-0.2, 0) is 21.3 Å². The molecule has 2 saturated carbocycles. The summed E-state index contributed by atoms with van der Waals surface area (Å²) in [6.45, 7) is 3.89. The molecule has 0 saturated heterocycles. The van der Waals surface area contributed by atoms with Crippen molar-refractivity contribution in [3.8, 4) is 0 Å². The van der Waals surface area contributed by atoms with Gasteiger partial charge in [0.25, 0.3) is 21.9 Å². The van der Waals surface area contributed by atoms with Crippen LogP contribution in [-0.4, -0.2) is 42.1 Å². The highest BCUT2D eigenvalue weighted by Crippen LogP contribution is 2.64. The Morgan fingerprint density at radius 3 is 2.21 bits per heavy atom. The smallest absolute Gasteiger partial charge is 0.265 e. The molecule has 3 aliphatic rings. The van der Waals surface area contributed by atoms with Gasteiger partial charge in [0.1, 0.15) is 5.78 Å². The Hall–Kier alpha value is -3.69. The fourth-order valence-corrected chi connectivity index (χ4v) is 7.86. The number of benzene rings is 3. The fourth-order valence-electron chi connectivity index (χ4n) is 6.56. The zero-order valence-corrected chi connectivity index (χ0v) is 22.5. The largest absolute Gasteiger partial charge is 0.299 e. The predicted octanol–water partition coefficient (Wildman–Crippen LogP) is 4.42. The number of nitrogens with one attached hydrogen (secondary N) is 1. The lowest BCUT2D eigenvalue weighted by Gasteiger charge is -2.35. The van der Waals surface area contributed by atoms with Crippen molar-refractivity contribution in [3.05, 3.63) is 82.9 Å². The quantitative estimate of drug-likeness (QED) is 0.274. The maximum Gasteiger partial charge on any atom is 0.265 e. The SMILES string of the molecule is CC1(C)C2CCC1(CS(=O)(=O)O)C(=O)C2.O=C(Cc1ccccc1)c1ccc2c3c(cccc13)C(=O)NC2=O. The van der Waals surface area contributed by atoms with Gasteiger partial charge in [-0.25, -0.2) is 0 Å². The van der Waals surface area contributed by atoms with Crippen molar-refractivity contribution in [1.82, 2.24) is 5.32 Å². The Balaban J connectivity index is 0.000000177. The molecule has 202 valence electrons. The minimum Gasteiger partial charge on any atom is -0.299 e. The second-order valence-corrected chi connectivity index (χ2v) is 12.6. The minimum absolute atomic E-state index is 0.0152. The van der Waals surface area contributed by atoms with Gasteiger partial charge < -0.3 is 0 Å². The first-order valence-electron chi connectivity index (χ1n) is 12.8. The zero-order chi connectivity index (χ0) is 28.2. The van der Waals surface area contributed by atoms with E-state index in [1.807, 2.05) is 44.2 Å². The summed E-state index contributed by atoms with van der Waals surface area (Å²) < 4.78 is 31.0. The number of amides is 2. The van der Waals surface area contributed by atoms with E-state index in [4.69, 9.17) is 4.55 Å². The van der Waals surface area contributed by atoms with Crippen LogP contribution in [0.15, 0.2) is 60.7 Å². The van der Waals surface area contributed by atoms with Crippen LogP contribution in [0.4, 0.5) is 0 Å². The van der Waals surface area contributed by atoms with Crippen LogP contribution in [0.5, 0.6) is 0 Å². The lowest BCUT2D eigenvalue weighted by Crippen LogP contribution is -2.42. The van der Waals surface area contributed by atoms with Crippen molar-refractivity contribution in [2.24, 2.45) is 16.7 Å². The number of ketones is 2. The van der Waals surface area contributed by atoms with Gasteiger partial charge >= 0.3 is 0 Å². The van der Waals surface area contributed by atoms with E-state index in [1.54, 1.807) is 30.3 Å². The molecule has 2 amide bonds. The highest BCUT2D eigenvalue weighted by atomic mass is 32.2. The molecule has 3 aromatic carbocycles. The lowest BCUT2D eigenvalue weighted by atomic mass is 9.70. The first-order valence-corrected chi connectivity index (χ1v) is 14.4. The van der Waals surface area contributed by atoms with E-state index in [-0.39, 0.29) is 29.3 Å². The first-order chi connectivity index (χ1) is 18.3. The van der Waals surface area contributed by atoms with Gasteiger partial charge in [-0.2, -0.15) is 8.42 Å². The van der Waals surface area contributed by atoms with E-state index in [0.29, 0.717) is 40.3 Å². The third kappa shape index (κ3) is 4.59. The molecule has 8 nitrogen and oxygen atoms in total. The van der Waals surface area contributed by atoms with Crippen molar-refractivity contribution in [3.63, 3.8) is 0 Å². The van der Waals surface area contributed by atoms with Crippen LogP contribution in [0.2, 0.25) is 0 Å². The predicted molar refractivity (Wildman–Crippen MR) is 145 cm³/mol. The van der Waals surface area contributed by atoms with Crippen molar-refractivity contribution in [2.75, 3.05) is 5.75 Å². The number of hydrogen-bond donors (Lipinski definition) is 2. The van der Waals surface area contributed by atoms with Gasteiger partial charge in [-0.15, -0.1) is 0 Å². The molecule has 2 atom stereocenters. The molecule has 2 aliphatic carbocycles. The number of hydrogen-bond acceptors (Lipinski definition) is 6. The monoisotopic (exact) mass is 547 g/mol. The van der Waals surface area contributed by atoms with Crippen LogP contribution < -0.4 is 5.32 Å². The van der Waals surface area contributed by atoms with Gasteiger partial charge in [0, 0.05) is 34.9 Å². The normalized spacial score (nSPS) is 22.8. The molecule has 2 unspecified atom stereocenters. The van der Waals surface area contributed by atoms with Crippen molar-refractivity contribution < 1.29 is 32.1 Å². The highest BCUT2D eigenvalue weighted by molar-refractivity contribution is 7.85. The van der Waals surface area contributed by atoms with Crippen LogP contribution >= 0.6 is 0 Å². The molecule has 0 radical (unpaired) electrons. The molecule has 6 rings (SSSR count). The minimum atomic E-state index is -4.08. The van der Waals surface area contributed by atoms with E-state index < -0.39 is 33.1 Å². The molecule has 2 bridgehead atoms. The molecule has 0 spiro atoms. The second kappa shape index (κ2) is 9.50. The highest BCUT2D eigenvalue weighted by Gasteiger charge is 2.65. The Bertz CT molecular complexity index is 1620. The average Bonchev–Trinajstić information content (AvgIpc) is 3.21. The summed E-state index contributed by atoms with van der Waals surface area (Å²) in [5, 5.41) is 3.53. The van der Waals surface area contributed by atoms with Gasteiger partial charge in [-0.1, -0.05) is 56.3 Å². The van der Waals surface area contributed by atoms with Gasteiger partial charge in [-0.3, -0.25) is 29.0 Å². The molecule has 1 heterocycles. The molecule has 9 heteroatoms. The standard InChI is InChI=1S/C20H13NO3.C10H16O4S/c22-17(11-12-5-2-1-3-6-12)13-9-10-16-18-14(13)7-4-8-15(18)19(23)21-20(16)24;1-9(2)7-3-4-10(9,8(11)5-7)6-15(12,13)14/h1-10H,11H2,(H,21,23,24);7H,3-6H2,1-2H3,(H,12,13,14). The average molecular weight is 548 g/mol. The van der Waals surface area contributed by atoms with Gasteiger partial charge in [-0.05, 0) is 53.3 Å². The topological polar surface area (TPSA) is 135 Å². The molecule has 1 aliphatic heterocycles. The summed E-state index contributed by atoms with van der Waals surface area (Å²) in [5.74, 6) is -0.990. The molecular weight excluding hydrogens is 518 g/mol. The summed E-state index contributed by atoms with van der Waals surface area (Å²) >= 11 is 0. The third-order valence-corrected chi connectivity index (χ3v) is 9.69. The van der Waals surface area contributed by atoms with Crippen molar-refractivity contribution in [1.29, 1.82) is 0 Å². The van der Waals surface area contributed by atoms with E-state index in [1.165, 1.54) is 0 Å². The maximum absolute atomic E-state index is 12.7. The number of rotatable bonds is 5. The Morgan fingerprint density at radius 2 is 1.62 bits per heavy atom. The van der Waals surface area contributed by atoms with Gasteiger partial charge in [0.05, 0.1) is 11.2 Å². The summed E-state index contributed by atoms with van der Waals surface area (Å²) in [5.41, 5.74) is 1.19. The Labute approximate surface area is 226 Å². The summed E-state index contributed by atoms with van der Waals surface area (Å²) in [4.78, 5) is 48.7. The van der Waals surface area contributed by atoms with Gasteiger partial charge in [0.2, 0.25) is 0 Å². The van der Waals surface area contributed by atoms with Crippen molar-refractivity contribution >= 4 is 44.3 Å². The summed E-state index contributed by atoms with van der Waals surface area (Å²) in [6.07, 6.45) is 2.25. The van der Waals surface area contributed by atoms with Gasteiger partial charge in [0.15, 0.2) is 5.78 Å².